The summed E-state index contributed by atoms with van der Waals surface area (Å²) in [6.07, 6.45) is 2.38. The van der Waals surface area contributed by atoms with Crippen LogP contribution in [0.4, 0.5) is 4.39 Å². The van der Waals surface area contributed by atoms with Crippen molar-refractivity contribution in [2.45, 2.75) is 45.7 Å². The molecular formula is C15H22FNO. The molecule has 100 valence electrons. The van der Waals surface area contributed by atoms with Crippen molar-refractivity contribution in [3.8, 4) is 5.75 Å². The molecule has 0 spiro atoms. The van der Waals surface area contributed by atoms with Crippen molar-refractivity contribution in [1.29, 1.82) is 0 Å². The molecule has 0 radical (unpaired) electrons. The van der Waals surface area contributed by atoms with Gasteiger partial charge in [0, 0.05) is 17.6 Å². The average Bonchev–Trinajstić information content (AvgIpc) is 2.80. The van der Waals surface area contributed by atoms with E-state index in [2.05, 4.69) is 25.7 Å². The van der Waals surface area contributed by atoms with Crippen LogP contribution in [0.15, 0.2) is 18.2 Å². The largest absolute Gasteiger partial charge is 0.508 e. The Morgan fingerprint density at radius 3 is 2.72 bits per heavy atom. The molecule has 1 aliphatic rings. The van der Waals surface area contributed by atoms with Crippen molar-refractivity contribution in [2.75, 3.05) is 6.54 Å². The number of hydrogen-bond donors (Lipinski definition) is 1. The van der Waals surface area contributed by atoms with E-state index in [0.29, 0.717) is 17.5 Å². The quantitative estimate of drug-likeness (QED) is 0.885. The lowest BCUT2D eigenvalue weighted by Gasteiger charge is -2.33. The highest BCUT2D eigenvalue weighted by molar-refractivity contribution is 5.35. The Bertz CT molecular complexity index is 419. The molecular weight excluding hydrogens is 229 g/mol. The van der Waals surface area contributed by atoms with E-state index in [-0.39, 0.29) is 17.6 Å². The molecule has 3 heteroatoms. The number of phenolic OH excluding ortho intramolecular Hbond substituents is 1. The molecule has 2 atom stereocenters. The van der Waals surface area contributed by atoms with E-state index in [9.17, 15) is 9.50 Å². The van der Waals surface area contributed by atoms with Crippen molar-refractivity contribution >= 4 is 0 Å². The van der Waals surface area contributed by atoms with Gasteiger partial charge in [0.15, 0.2) is 0 Å². The third-order valence-corrected chi connectivity index (χ3v) is 4.05. The Morgan fingerprint density at radius 2 is 2.06 bits per heavy atom. The van der Waals surface area contributed by atoms with Gasteiger partial charge in [-0.3, -0.25) is 4.90 Å². The number of benzene rings is 1. The summed E-state index contributed by atoms with van der Waals surface area (Å²) in [7, 11) is 0. The Labute approximate surface area is 108 Å². The number of aromatic hydroxyl groups is 1. The summed E-state index contributed by atoms with van der Waals surface area (Å²) >= 11 is 0. The van der Waals surface area contributed by atoms with Gasteiger partial charge in [0.1, 0.15) is 11.6 Å². The van der Waals surface area contributed by atoms with Crippen LogP contribution in [0.5, 0.6) is 5.75 Å². The fraction of sp³-hybridized carbons (Fsp3) is 0.600. The summed E-state index contributed by atoms with van der Waals surface area (Å²) in [5.74, 6) is 0.499. The molecule has 2 unspecified atom stereocenters. The maximum atomic E-state index is 13.3. The zero-order valence-corrected chi connectivity index (χ0v) is 11.4. The number of nitrogens with zero attached hydrogens (tertiary/aromatic N) is 1. The summed E-state index contributed by atoms with van der Waals surface area (Å²) in [4.78, 5) is 2.39. The molecule has 1 heterocycles. The predicted octanol–water partition coefficient (Wildman–Crippen LogP) is 3.71. The van der Waals surface area contributed by atoms with Gasteiger partial charge in [0.05, 0.1) is 0 Å². The van der Waals surface area contributed by atoms with Gasteiger partial charge < -0.3 is 5.11 Å². The molecule has 18 heavy (non-hydrogen) atoms. The molecule has 1 N–H and O–H groups in total. The van der Waals surface area contributed by atoms with Crippen LogP contribution >= 0.6 is 0 Å². The van der Waals surface area contributed by atoms with Crippen LogP contribution in [0.25, 0.3) is 0 Å². The van der Waals surface area contributed by atoms with Crippen LogP contribution in [-0.2, 0) is 0 Å². The Hall–Kier alpha value is -1.09. The normalized spacial score (nSPS) is 22.6. The van der Waals surface area contributed by atoms with Crippen LogP contribution in [0.2, 0.25) is 0 Å². The molecule has 1 aromatic rings. The van der Waals surface area contributed by atoms with E-state index in [4.69, 9.17) is 0 Å². The fourth-order valence-corrected chi connectivity index (χ4v) is 3.05. The van der Waals surface area contributed by atoms with Gasteiger partial charge in [-0.05, 0) is 50.4 Å². The second kappa shape index (κ2) is 5.27. The van der Waals surface area contributed by atoms with Crippen molar-refractivity contribution in [3.05, 3.63) is 29.6 Å². The Kier molecular flexibility index (Phi) is 3.91. The van der Waals surface area contributed by atoms with Gasteiger partial charge >= 0.3 is 0 Å². The minimum absolute atomic E-state index is 0.0654. The van der Waals surface area contributed by atoms with E-state index < -0.39 is 0 Å². The summed E-state index contributed by atoms with van der Waals surface area (Å²) in [6, 6.07) is 4.80. The minimum Gasteiger partial charge on any atom is -0.508 e. The van der Waals surface area contributed by atoms with Crippen LogP contribution in [0.3, 0.4) is 0 Å². The maximum absolute atomic E-state index is 13.3. The third-order valence-electron chi connectivity index (χ3n) is 4.05. The highest BCUT2D eigenvalue weighted by atomic mass is 19.1. The first kappa shape index (κ1) is 13.3. The molecule has 1 fully saturated rings. The smallest absolute Gasteiger partial charge is 0.123 e. The molecule has 1 aliphatic heterocycles. The lowest BCUT2D eigenvalue weighted by molar-refractivity contribution is 0.154. The third kappa shape index (κ3) is 2.51. The molecule has 1 aromatic carbocycles. The number of rotatable bonds is 3. The maximum Gasteiger partial charge on any atom is 0.123 e. The molecule has 2 nitrogen and oxygen atoms in total. The monoisotopic (exact) mass is 251 g/mol. The van der Waals surface area contributed by atoms with Crippen LogP contribution < -0.4 is 0 Å². The van der Waals surface area contributed by atoms with E-state index in [1.807, 2.05) is 0 Å². The molecule has 0 aromatic heterocycles. The lowest BCUT2D eigenvalue weighted by Crippen LogP contribution is -2.35. The number of halogens is 1. The second-order valence-electron chi connectivity index (χ2n) is 5.57. The van der Waals surface area contributed by atoms with Crippen molar-refractivity contribution < 1.29 is 9.50 Å². The fourth-order valence-electron chi connectivity index (χ4n) is 3.05. The van der Waals surface area contributed by atoms with Crippen molar-refractivity contribution in [1.82, 2.24) is 4.90 Å². The zero-order chi connectivity index (χ0) is 13.3. The highest BCUT2D eigenvalue weighted by Gasteiger charge is 2.32. The molecule has 0 bridgehead atoms. The van der Waals surface area contributed by atoms with Crippen molar-refractivity contribution in [3.63, 3.8) is 0 Å². The van der Waals surface area contributed by atoms with Gasteiger partial charge in [0.2, 0.25) is 0 Å². The van der Waals surface area contributed by atoms with E-state index in [0.717, 1.165) is 6.54 Å². The van der Waals surface area contributed by atoms with Gasteiger partial charge in [0.25, 0.3) is 0 Å². The van der Waals surface area contributed by atoms with E-state index >= 15 is 0 Å². The first-order chi connectivity index (χ1) is 8.50. The standard InChI is InChI=1S/C15H22FNO/c1-10(2)14-5-4-8-17(14)11(3)13-9-12(16)6-7-15(13)18/h6-7,9-11,14,18H,4-5,8H2,1-3H3. The number of phenols is 1. The van der Waals surface area contributed by atoms with E-state index in [1.54, 1.807) is 0 Å². The molecule has 0 saturated carbocycles. The van der Waals surface area contributed by atoms with Gasteiger partial charge in [-0.2, -0.15) is 0 Å². The summed E-state index contributed by atoms with van der Waals surface area (Å²) < 4.78 is 13.3. The minimum atomic E-state index is -0.282. The Morgan fingerprint density at radius 1 is 1.33 bits per heavy atom. The van der Waals surface area contributed by atoms with Crippen molar-refractivity contribution in [2.24, 2.45) is 5.92 Å². The SMILES string of the molecule is CC(C)C1CCCN1C(C)c1cc(F)ccc1O. The highest BCUT2D eigenvalue weighted by Crippen LogP contribution is 2.36. The lowest BCUT2D eigenvalue weighted by atomic mass is 9.98. The second-order valence-corrected chi connectivity index (χ2v) is 5.57. The van der Waals surface area contributed by atoms with Crippen LogP contribution in [-0.4, -0.2) is 22.6 Å². The first-order valence-electron chi connectivity index (χ1n) is 6.75. The van der Waals surface area contributed by atoms with E-state index in [1.165, 1.54) is 31.0 Å². The summed E-state index contributed by atoms with van der Waals surface area (Å²) in [5.41, 5.74) is 0.697. The first-order valence-corrected chi connectivity index (χ1v) is 6.75. The average molecular weight is 251 g/mol. The van der Waals surface area contributed by atoms with Gasteiger partial charge in [-0.1, -0.05) is 13.8 Å². The van der Waals surface area contributed by atoms with Crippen LogP contribution in [0.1, 0.15) is 45.2 Å². The zero-order valence-electron chi connectivity index (χ0n) is 11.4. The summed E-state index contributed by atoms with van der Waals surface area (Å²) in [6.45, 7) is 7.53. The topological polar surface area (TPSA) is 23.5 Å². The molecule has 0 amide bonds. The number of hydrogen-bond acceptors (Lipinski definition) is 2. The summed E-state index contributed by atoms with van der Waals surface area (Å²) in [5, 5.41) is 9.90. The predicted molar refractivity (Wildman–Crippen MR) is 71.0 cm³/mol. The number of likely N-dealkylation sites (tertiary alicyclic amines) is 1. The molecule has 1 saturated heterocycles. The molecule has 2 rings (SSSR count). The van der Waals surface area contributed by atoms with Crippen LogP contribution in [0, 0.1) is 11.7 Å². The van der Waals surface area contributed by atoms with Gasteiger partial charge in [-0.25, -0.2) is 4.39 Å². The molecule has 0 aliphatic carbocycles. The van der Waals surface area contributed by atoms with Gasteiger partial charge in [-0.15, -0.1) is 0 Å². The Balaban J connectivity index is 2.25.